The van der Waals surface area contributed by atoms with E-state index in [9.17, 15) is 4.79 Å². The van der Waals surface area contributed by atoms with Gasteiger partial charge in [-0.15, -0.1) is 0 Å². The fourth-order valence-corrected chi connectivity index (χ4v) is 2.48. The van der Waals surface area contributed by atoms with Crippen LogP contribution in [0.2, 0.25) is 5.15 Å². The zero-order valence-electron chi connectivity index (χ0n) is 12.4. The number of nitrogens with zero attached hydrogens (tertiary/aromatic N) is 2. The Morgan fingerprint density at radius 2 is 2.05 bits per heavy atom. The van der Waals surface area contributed by atoms with Crippen LogP contribution in [0.1, 0.15) is 41.4 Å². The molecule has 0 aliphatic carbocycles. The number of hydrogen-bond acceptors (Lipinski definition) is 2. The van der Waals surface area contributed by atoms with Gasteiger partial charge in [-0.05, 0) is 18.9 Å². The lowest BCUT2D eigenvalue weighted by Gasteiger charge is -2.05. The summed E-state index contributed by atoms with van der Waals surface area (Å²) in [5.41, 5.74) is 2.20. The van der Waals surface area contributed by atoms with Gasteiger partial charge in [0.15, 0.2) is 0 Å². The first kappa shape index (κ1) is 15.6. The maximum Gasteiger partial charge on any atom is 0.256 e. The lowest BCUT2D eigenvalue weighted by Crippen LogP contribution is -2.23. The number of halogens is 1. The Balaban J connectivity index is 2.07. The number of carbonyl (C=O) groups is 1. The van der Waals surface area contributed by atoms with Crippen molar-refractivity contribution in [3.05, 3.63) is 52.3 Å². The number of carbonyl (C=O) groups excluding carboxylic acids is 1. The molecule has 0 saturated heterocycles. The van der Waals surface area contributed by atoms with Gasteiger partial charge in [0.1, 0.15) is 5.15 Å². The van der Waals surface area contributed by atoms with E-state index in [1.165, 1.54) is 0 Å². The van der Waals surface area contributed by atoms with Crippen LogP contribution in [0, 0.1) is 6.92 Å². The van der Waals surface area contributed by atoms with Crippen molar-refractivity contribution in [1.29, 1.82) is 0 Å². The molecule has 0 unspecified atom stereocenters. The van der Waals surface area contributed by atoms with Gasteiger partial charge in [0.25, 0.3) is 5.91 Å². The van der Waals surface area contributed by atoms with Gasteiger partial charge in [0, 0.05) is 13.1 Å². The highest BCUT2D eigenvalue weighted by molar-refractivity contribution is 6.33. The summed E-state index contributed by atoms with van der Waals surface area (Å²) in [4.78, 5) is 12.3. The molecule has 5 heteroatoms. The van der Waals surface area contributed by atoms with Gasteiger partial charge in [-0.3, -0.25) is 9.48 Å². The highest BCUT2D eigenvalue weighted by Gasteiger charge is 2.19. The van der Waals surface area contributed by atoms with E-state index in [-0.39, 0.29) is 5.91 Å². The minimum atomic E-state index is -0.177. The van der Waals surface area contributed by atoms with E-state index in [0.717, 1.165) is 24.9 Å². The zero-order chi connectivity index (χ0) is 15.2. The Morgan fingerprint density at radius 1 is 1.33 bits per heavy atom. The summed E-state index contributed by atoms with van der Waals surface area (Å²) in [5.74, 6) is -0.177. The summed E-state index contributed by atoms with van der Waals surface area (Å²) in [6.45, 7) is 5.14. The molecule has 0 aliphatic rings. The van der Waals surface area contributed by atoms with Crippen molar-refractivity contribution in [3.63, 3.8) is 0 Å². The maximum atomic E-state index is 12.3. The van der Waals surface area contributed by atoms with Crippen molar-refractivity contribution in [2.75, 3.05) is 0 Å². The summed E-state index contributed by atoms with van der Waals surface area (Å²) in [6.07, 6.45) is 2.05. The van der Waals surface area contributed by atoms with Crippen LogP contribution >= 0.6 is 11.6 Å². The average molecular weight is 306 g/mol. The van der Waals surface area contributed by atoms with Gasteiger partial charge < -0.3 is 5.32 Å². The Kier molecular flexibility index (Phi) is 5.39. The molecule has 2 rings (SSSR count). The van der Waals surface area contributed by atoms with Crippen molar-refractivity contribution >= 4 is 17.5 Å². The second-order valence-corrected chi connectivity index (χ2v) is 5.35. The fourth-order valence-electron chi connectivity index (χ4n) is 2.13. The maximum absolute atomic E-state index is 12.3. The zero-order valence-corrected chi connectivity index (χ0v) is 13.2. The molecule has 0 spiro atoms. The van der Waals surface area contributed by atoms with Gasteiger partial charge in [0.05, 0.1) is 11.3 Å². The molecule has 0 fully saturated rings. The van der Waals surface area contributed by atoms with Crippen LogP contribution < -0.4 is 5.32 Å². The fraction of sp³-hybridized carbons (Fsp3) is 0.375. The molecule has 1 amide bonds. The monoisotopic (exact) mass is 305 g/mol. The Hall–Kier alpha value is -1.81. The third kappa shape index (κ3) is 3.85. The lowest BCUT2D eigenvalue weighted by molar-refractivity contribution is 0.0950. The van der Waals surface area contributed by atoms with Crippen LogP contribution in [0.25, 0.3) is 0 Å². The number of aryl methyl sites for hydroxylation is 2. The highest BCUT2D eigenvalue weighted by Crippen LogP contribution is 2.20. The van der Waals surface area contributed by atoms with Crippen LogP contribution in [0.15, 0.2) is 30.3 Å². The van der Waals surface area contributed by atoms with Crippen LogP contribution in [0.4, 0.5) is 0 Å². The molecule has 0 atom stereocenters. The Morgan fingerprint density at radius 3 is 2.71 bits per heavy atom. The van der Waals surface area contributed by atoms with Gasteiger partial charge in [-0.1, -0.05) is 55.3 Å². The van der Waals surface area contributed by atoms with Crippen LogP contribution in [-0.2, 0) is 13.1 Å². The number of unbranched alkanes of at least 4 members (excludes halogenated alkanes) is 1. The summed E-state index contributed by atoms with van der Waals surface area (Å²) in [5, 5.41) is 7.66. The second-order valence-electron chi connectivity index (χ2n) is 5.00. The van der Waals surface area contributed by atoms with E-state index >= 15 is 0 Å². The number of hydrogen-bond donors (Lipinski definition) is 1. The van der Waals surface area contributed by atoms with Crippen molar-refractivity contribution in [2.45, 2.75) is 39.8 Å². The smallest absolute Gasteiger partial charge is 0.256 e. The Labute approximate surface area is 130 Å². The molecular weight excluding hydrogens is 286 g/mol. The van der Waals surface area contributed by atoms with Crippen LogP contribution in [0.3, 0.4) is 0 Å². The van der Waals surface area contributed by atoms with Crippen LogP contribution in [0.5, 0.6) is 0 Å². The van der Waals surface area contributed by atoms with Crippen molar-refractivity contribution < 1.29 is 4.79 Å². The van der Waals surface area contributed by atoms with Gasteiger partial charge >= 0.3 is 0 Å². The molecule has 1 aromatic heterocycles. The minimum Gasteiger partial charge on any atom is -0.348 e. The molecule has 0 bridgehead atoms. The molecule has 1 heterocycles. The first-order valence-electron chi connectivity index (χ1n) is 7.18. The molecule has 0 radical (unpaired) electrons. The topological polar surface area (TPSA) is 46.9 Å². The van der Waals surface area contributed by atoms with Crippen molar-refractivity contribution in [1.82, 2.24) is 15.1 Å². The predicted octanol–water partition coefficient (Wildman–Crippen LogP) is 3.58. The number of amides is 1. The SMILES string of the molecule is CCCCn1nc(C)c(C(=O)NCc2ccccc2)c1Cl. The normalized spacial score (nSPS) is 10.6. The third-order valence-electron chi connectivity index (χ3n) is 3.31. The average Bonchev–Trinajstić information content (AvgIpc) is 2.78. The van der Waals surface area contributed by atoms with E-state index < -0.39 is 0 Å². The highest BCUT2D eigenvalue weighted by atomic mass is 35.5. The summed E-state index contributed by atoms with van der Waals surface area (Å²) in [6, 6.07) is 9.79. The number of rotatable bonds is 6. The summed E-state index contributed by atoms with van der Waals surface area (Å²) >= 11 is 6.28. The number of nitrogens with one attached hydrogen (secondary N) is 1. The van der Waals surface area contributed by atoms with E-state index in [2.05, 4.69) is 17.3 Å². The molecule has 4 nitrogen and oxygen atoms in total. The largest absolute Gasteiger partial charge is 0.348 e. The van der Waals surface area contributed by atoms with E-state index in [1.54, 1.807) is 4.68 Å². The van der Waals surface area contributed by atoms with Crippen molar-refractivity contribution in [3.8, 4) is 0 Å². The summed E-state index contributed by atoms with van der Waals surface area (Å²) < 4.78 is 1.71. The number of aromatic nitrogens is 2. The first-order chi connectivity index (χ1) is 10.1. The first-order valence-corrected chi connectivity index (χ1v) is 7.56. The molecule has 112 valence electrons. The van der Waals surface area contributed by atoms with E-state index in [0.29, 0.717) is 23.0 Å². The third-order valence-corrected chi connectivity index (χ3v) is 3.70. The van der Waals surface area contributed by atoms with Crippen molar-refractivity contribution in [2.24, 2.45) is 0 Å². The molecule has 0 saturated carbocycles. The van der Waals surface area contributed by atoms with Gasteiger partial charge in [-0.25, -0.2) is 0 Å². The molecule has 1 aromatic carbocycles. The second kappa shape index (κ2) is 7.27. The Bertz CT molecular complexity index is 607. The standard InChI is InChI=1S/C16H20ClN3O/c1-3-4-10-20-15(17)14(12(2)19-20)16(21)18-11-13-8-6-5-7-9-13/h5-9H,3-4,10-11H2,1-2H3,(H,18,21). The molecule has 0 aliphatic heterocycles. The molecule has 1 N–H and O–H groups in total. The summed E-state index contributed by atoms with van der Waals surface area (Å²) in [7, 11) is 0. The molecule has 21 heavy (non-hydrogen) atoms. The number of benzene rings is 1. The van der Waals surface area contributed by atoms with Gasteiger partial charge in [0.2, 0.25) is 0 Å². The van der Waals surface area contributed by atoms with E-state index in [4.69, 9.17) is 11.6 Å². The minimum absolute atomic E-state index is 0.177. The predicted molar refractivity (Wildman–Crippen MR) is 84.5 cm³/mol. The van der Waals surface area contributed by atoms with Gasteiger partial charge in [-0.2, -0.15) is 5.10 Å². The lowest BCUT2D eigenvalue weighted by atomic mass is 10.2. The molecular formula is C16H20ClN3O. The molecule has 2 aromatic rings. The van der Waals surface area contributed by atoms with E-state index in [1.807, 2.05) is 37.3 Å². The quantitative estimate of drug-likeness (QED) is 0.887. The van der Waals surface area contributed by atoms with Crippen LogP contribution in [-0.4, -0.2) is 15.7 Å².